The summed E-state index contributed by atoms with van der Waals surface area (Å²) in [6, 6.07) is 0. The third kappa shape index (κ3) is 3.89. The number of nitrogens with zero attached hydrogens (tertiary/aromatic N) is 2. The molecule has 2 N–H and O–H groups in total. The van der Waals surface area contributed by atoms with Crippen molar-refractivity contribution >= 4 is 9.84 Å². The largest absolute Gasteiger partial charge is 0.337 e. The molecular weight excluding hydrogens is 202 g/mol. The monoisotopic (exact) mass is 217 g/mol. The summed E-state index contributed by atoms with van der Waals surface area (Å²) in [7, 11) is -2.85. The summed E-state index contributed by atoms with van der Waals surface area (Å²) in [6.45, 7) is 1.08. The molecule has 0 aliphatic rings. The van der Waals surface area contributed by atoms with E-state index in [0.717, 1.165) is 5.69 Å². The summed E-state index contributed by atoms with van der Waals surface area (Å²) < 4.78 is 23.5. The number of nitrogens with two attached hydrogens (primary N) is 1. The van der Waals surface area contributed by atoms with Crippen LogP contribution in [0.2, 0.25) is 0 Å². The fourth-order valence-electron chi connectivity index (χ4n) is 1.14. The summed E-state index contributed by atoms with van der Waals surface area (Å²) in [5.41, 5.74) is 6.21. The van der Waals surface area contributed by atoms with E-state index in [4.69, 9.17) is 5.73 Å². The van der Waals surface area contributed by atoms with Gasteiger partial charge < -0.3 is 10.3 Å². The Labute approximate surface area is 83.9 Å². The highest BCUT2D eigenvalue weighted by molar-refractivity contribution is 7.90. The standard InChI is InChI=1S/C8H15N3O2S/c1-14(12,13)4-2-3-11-6-8(5-9)10-7-11/h6-7H,2-5,9H2,1H3. The van der Waals surface area contributed by atoms with Crippen LogP contribution in [0.1, 0.15) is 12.1 Å². The van der Waals surface area contributed by atoms with Gasteiger partial charge >= 0.3 is 0 Å². The first-order valence-electron chi connectivity index (χ1n) is 4.40. The molecule has 0 unspecified atom stereocenters. The molecule has 1 rings (SSSR count). The van der Waals surface area contributed by atoms with Gasteiger partial charge in [0.1, 0.15) is 9.84 Å². The molecule has 1 heterocycles. The van der Waals surface area contributed by atoms with E-state index in [2.05, 4.69) is 4.98 Å². The number of imidazole rings is 1. The molecule has 0 saturated heterocycles. The zero-order valence-corrected chi connectivity index (χ0v) is 9.00. The van der Waals surface area contributed by atoms with Gasteiger partial charge in [0, 0.05) is 25.5 Å². The van der Waals surface area contributed by atoms with E-state index in [9.17, 15) is 8.42 Å². The van der Waals surface area contributed by atoms with Gasteiger partial charge in [0.2, 0.25) is 0 Å². The first kappa shape index (κ1) is 11.2. The minimum atomic E-state index is -2.85. The van der Waals surface area contributed by atoms with Gasteiger partial charge in [-0.15, -0.1) is 0 Å². The molecule has 0 spiro atoms. The van der Waals surface area contributed by atoms with Crippen LogP contribution >= 0.6 is 0 Å². The lowest BCUT2D eigenvalue weighted by Crippen LogP contribution is -2.06. The highest BCUT2D eigenvalue weighted by Crippen LogP contribution is 1.98. The van der Waals surface area contributed by atoms with E-state index in [0.29, 0.717) is 19.5 Å². The lowest BCUT2D eigenvalue weighted by atomic mass is 10.4. The average Bonchev–Trinajstić information content (AvgIpc) is 2.50. The van der Waals surface area contributed by atoms with Crippen molar-refractivity contribution in [1.29, 1.82) is 0 Å². The summed E-state index contributed by atoms with van der Waals surface area (Å²) in [4.78, 5) is 4.04. The predicted octanol–water partition coefficient (Wildman–Crippen LogP) is -0.223. The second-order valence-corrected chi connectivity index (χ2v) is 5.55. The Morgan fingerprint density at radius 1 is 1.57 bits per heavy atom. The van der Waals surface area contributed by atoms with Crippen LogP contribution < -0.4 is 5.73 Å². The smallest absolute Gasteiger partial charge is 0.147 e. The number of hydrogen-bond acceptors (Lipinski definition) is 4. The molecule has 80 valence electrons. The van der Waals surface area contributed by atoms with Crippen molar-refractivity contribution < 1.29 is 8.42 Å². The van der Waals surface area contributed by atoms with Gasteiger partial charge in [-0.2, -0.15) is 0 Å². The van der Waals surface area contributed by atoms with Gasteiger partial charge in [-0.25, -0.2) is 13.4 Å². The lowest BCUT2D eigenvalue weighted by molar-refractivity contribution is 0.592. The Balaban J connectivity index is 2.39. The Kier molecular flexibility index (Phi) is 3.65. The molecule has 0 radical (unpaired) electrons. The maximum absolute atomic E-state index is 10.8. The van der Waals surface area contributed by atoms with Crippen molar-refractivity contribution in [1.82, 2.24) is 9.55 Å². The third-order valence-corrected chi connectivity index (χ3v) is 2.86. The zero-order chi connectivity index (χ0) is 10.6. The quantitative estimate of drug-likeness (QED) is 0.739. The number of hydrogen-bond donors (Lipinski definition) is 1. The zero-order valence-electron chi connectivity index (χ0n) is 8.18. The van der Waals surface area contributed by atoms with Crippen molar-refractivity contribution in [3.8, 4) is 0 Å². The summed E-state index contributed by atoms with van der Waals surface area (Å²) in [6.07, 6.45) is 5.36. The molecule has 1 aromatic rings. The molecule has 0 saturated carbocycles. The van der Waals surface area contributed by atoms with Crippen molar-refractivity contribution in [3.05, 3.63) is 18.2 Å². The molecule has 0 aliphatic carbocycles. The molecule has 0 amide bonds. The third-order valence-electron chi connectivity index (χ3n) is 1.83. The van der Waals surface area contributed by atoms with Crippen LogP contribution in [0.25, 0.3) is 0 Å². The fraction of sp³-hybridized carbons (Fsp3) is 0.625. The van der Waals surface area contributed by atoms with Crippen LogP contribution in [0.15, 0.2) is 12.5 Å². The van der Waals surface area contributed by atoms with Gasteiger partial charge in [-0.1, -0.05) is 0 Å². The highest BCUT2D eigenvalue weighted by Gasteiger charge is 2.02. The van der Waals surface area contributed by atoms with Crippen LogP contribution in [0.5, 0.6) is 0 Å². The van der Waals surface area contributed by atoms with Crippen molar-refractivity contribution in [2.75, 3.05) is 12.0 Å². The summed E-state index contributed by atoms with van der Waals surface area (Å²) >= 11 is 0. The lowest BCUT2D eigenvalue weighted by Gasteiger charge is -2.00. The molecule has 1 aromatic heterocycles. The molecule has 0 atom stereocenters. The normalized spacial score (nSPS) is 11.9. The van der Waals surface area contributed by atoms with Crippen molar-refractivity contribution in [2.45, 2.75) is 19.5 Å². The average molecular weight is 217 g/mol. The minimum absolute atomic E-state index is 0.211. The first-order chi connectivity index (χ1) is 6.51. The second-order valence-electron chi connectivity index (χ2n) is 3.29. The van der Waals surface area contributed by atoms with E-state index in [-0.39, 0.29) is 5.75 Å². The predicted molar refractivity (Wildman–Crippen MR) is 54.4 cm³/mol. The Morgan fingerprint density at radius 3 is 2.79 bits per heavy atom. The Morgan fingerprint density at radius 2 is 2.29 bits per heavy atom. The van der Waals surface area contributed by atoms with Gasteiger partial charge in [0.05, 0.1) is 17.8 Å². The molecule has 0 aliphatic heterocycles. The van der Waals surface area contributed by atoms with Gasteiger partial charge in [-0.05, 0) is 6.42 Å². The number of aryl methyl sites for hydroxylation is 1. The van der Waals surface area contributed by atoms with Gasteiger partial charge in [-0.3, -0.25) is 0 Å². The Hall–Kier alpha value is -0.880. The van der Waals surface area contributed by atoms with E-state index in [1.165, 1.54) is 6.26 Å². The minimum Gasteiger partial charge on any atom is -0.337 e. The van der Waals surface area contributed by atoms with Gasteiger partial charge in [0.25, 0.3) is 0 Å². The van der Waals surface area contributed by atoms with E-state index < -0.39 is 9.84 Å². The molecule has 0 aromatic carbocycles. The second kappa shape index (κ2) is 4.56. The SMILES string of the molecule is CS(=O)(=O)CCCn1cnc(CN)c1. The molecule has 0 fully saturated rings. The van der Waals surface area contributed by atoms with E-state index in [1.54, 1.807) is 6.33 Å². The highest BCUT2D eigenvalue weighted by atomic mass is 32.2. The van der Waals surface area contributed by atoms with Crippen LogP contribution in [0.4, 0.5) is 0 Å². The van der Waals surface area contributed by atoms with Crippen molar-refractivity contribution in [3.63, 3.8) is 0 Å². The Bertz CT molecular complexity index is 383. The molecule has 6 heteroatoms. The van der Waals surface area contributed by atoms with Crippen LogP contribution in [-0.2, 0) is 22.9 Å². The topological polar surface area (TPSA) is 78.0 Å². The molecular formula is C8H15N3O2S. The van der Waals surface area contributed by atoms with Gasteiger partial charge in [0.15, 0.2) is 0 Å². The maximum Gasteiger partial charge on any atom is 0.147 e. The summed E-state index contributed by atoms with van der Waals surface area (Å²) in [5, 5.41) is 0. The van der Waals surface area contributed by atoms with Crippen LogP contribution in [0.3, 0.4) is 0 Å². The molecule has 0 bridgehead atoms. The number of sulfone groups is 1. The van der Waals surface area contributed by atoms with Crippen LogP contribution in [-0.4, -0.2) is 30.0 Å². The molecule has 5 nitrogen and oxygen atoms in total. The summed E-state index contributed by atoms with van der Waals surface area (Å²) in [5.74, 6) is 0.211. The van der Waals surface area contributed by atoms with Crippen molar-refractivity contribution in [2.24, 2.45) is 5.73 Å². The van der Waals surface area contributed by atoms with E-state index in [1.807, 2.05) is 10.8 Å². The maximum atomic E-state index is 10.8. The van der Waals surface area contributed by atoms with E-state index >= 15 is 0 Å². The first-order valence-corrected chi connectivity index (χ1v) is 6.46. The number of rotatable bonds is 5. The molecule has 14 heavy (non-hydrogen) atoms. The van der Waals surface area contributed by atoms with Crippen LogP contribution in [0, 0.1) is 0 Å². The number of aromatic nitrogens is 2. The fourth-order valence-corrected chi connectivity index (χ4v) is 1.80.